The Labute approximate surface area is 108 Å². The van der Waals surface area contributed by atoms with Gasteiger partial charge >= 0.3 is 0 Å². The molecule has 0 unspecified atom stereocenters. The standard InChI is InChI=1S/C12H14BrN3O/c1-17-11-3-2-8(6-9(11)13)10-7-15-12(16-10)4-5-14/h2-3,6-7H,4-5,14H2,1H3,(H,15,16). The average molecular weight is 296 g/mol. The highest BCUT2D eigenvalue weighted by molar-refractivity contribution is 9.10. The maximum absolute atomic E-state index is 5.49. The van der Waals surface area contributed by atoms with E-state index >= 15 is 0 Å². The van der Waals surface area contributed by atoms with Gasteiger partial charge in [0, 0.05) is 12.0 Å². The lowest BCUT2D eigenvalue weighted by molar-refractivity contribution is 0.412. The number of hydrogen-bond donors (Lipinski definition) is 2. The fourth-order valence-electron chi connectivity index (χ4n) is 1.61. The van der Waals surface area contributed by atoms with Gasteiger partial charge in [0.1, 0.15) is 11.6 Å². The van der Waals surface area contributed by atoms with Crippen LogP contribution in [0.1, 0.15) is 5.82 Å². The number of H-pyrrole nitrogens is 1. The third-order valence-corrected chi connectivity index (χ3v) is 3.09. The highest BCUT2D eigenvalue weighted by Crippen LogP contribution is 2.29. The van der Waals surface area contributed by atoms with E-state index in [1.165, 1.54) is 0 Å². The molecule has 0 spiro atoms. The van der Waals surface area contributed by atoms with Crippen LogP contribution in [0.4, 0.5) is 0 Å². The van der Waals surface area contributed by atoms with E-state index in [1.807, 2.05) is 24.4 Å². The van der Waals surface area contributed by atoms with Crippen LogP contribution in [-0.2, 0) is 6.42 Å². The molecule has 0 aliphatic carbocycles. The predicted octanol–water partition coefficient (Wildman–Crippen LogP) is 2.35. The van der Waals surface area contributed by atoms with Gasteiger partial charge in [0.15, 0.2) is 0 Å². The molecule has 17 heavy (non-hydrogen) atoms. The highest BCUT2D eigenvalue weighted by Gasteiger charge is 2.06. The van der Waals surface area contributed by atoms with E-state index in [1.54, 1.807) is 7.11 Å². The largest absolute Gasteiger partial charge is 0.496 e. The summed E-state index contributed by atoms with van der Waals surface area (Å²) in [6.45, 7) is 0.596. The van der Waals surface area contributed by atoms with Crippen LogP contribution in [0, 0.1) is 0 Å². The zero-order chi connectivity index (χ0) is 12.3. The van der Waals surface area contributed by atoms with E-state index in [4.69, 9.17) is 10.5 Å². The molecule has 0 atom stereocenters. The summed E-state index contributed by atoms with van der Waals surface area (Å²) in [5, 5.41) is 0. The number of rotatable bonds is 4. The molecule has 0 aliphatic rings. The van der Waals surface area contributed by atoms with Crippen molar-refractivity contribution in [2.24, 2.45) is 5.73 Å². The second-order valence-electron chi connectivity index (χ2n) is 3.63. The number of hydrogen-bond acceptors (Lipinski definition) is 3. The van der Waals surface area contributed by atoms with Crippen molar-refractivity contribution in [3.63, 3.8) is 0 Å². The van der Waals surface area contributed by atoms with E-state index < -0.39 is 0 Å². The van der Waals surface area contributed by atoms with Crippen LogP contribution < -0.4 is 10.5 Å². The third kappa shape index (κ3) is 2.68. The van der Waals surface area contributed by atoms with Gasteiger partial charge in [0.05, 0.1) is 23.5 Å². The maximum atomic E-state index is 5.49. The average Bonchev–Trinajstić information content (AvgIpc) is 2.78. The van der Waals surface area contributed by atoms with Gasteiger partial charge in [-0.05, 0) is 40.7 Å². The van der Waals surface area contributed by atoms with Crippen molar-refractivity contribution in [3.05, 3.63) is 34.7 Å². The van der Waals surface area contributed by atoms with E-state index in [9.17, 15) is 0 Å². The molecule has 1 aromatic heterocycles. The van der Waals surface area contributed by atoms with Crippen molar-refractivity contribution >= 4 is 15.9 Å². The lowest BCUT2D eigenvalue weighted by Gasteiger charge is -2.04. The van der Waals surface area contributed by atoms with Crippen molar-refractivity contribution in [1.82, 2.24) is 9.97 Å². The molecule has 2 rings (SSSR count). The van der Waals surface area contributed by atoms with Gasteiger partial charge in [-0.2, -0.15) is 0 Å². The topological polar surface area (TPSA) is 63.9 Å². The zero-order valence-corrected chi connectivity index (χ0v) is 11.1. The minimum absolute atomic E-state index is 0.596. The molecular formula is C12H14BrN3O. The van der Waals surface area contributed by atoms with Gasteiger partial charge in [-0.3, -0.25) is 0 Å². The fourth-order valence-corrected chi connectivity index (χ4v) is 2.15. The Bertz CT molecular complexity index is 510. The highest BCUT2D eigenvalue weighted by atomic mass is 79.9. The number of nitrogens with one attached hydrogen (secondary N) is 1. The maximum Gasteiger partial charge on any atom is 0.133 e. The summed E-state index contributed by atoms with van der Waals surface area (Å²) >= 11 is 3.46. The van der Waals surface area contributed by atoms with E-state index in [0.29, 0.717) is 6.54 Å². The van der Waals surface area contributed by atoms with Crippen molar-refractivity contribution in [2.45, 2.75) is 6.42 Å². The van der Waals surface area contributed by atoms with Crippen LogP contribution >= 0.6 is 15.9 Å². The van der Waals surface area contributed by atoms with Crippen LogP contribution in [0.3, 0.4) is 0 Å². The summed E-state index contributed by atoms with van der Waals surface area (Å²) in [6.07, 6.45) is 2.58. The molecule has 0 fully saturated rings. The van der Waals surface area contributed by atoms with Crippen molar-refractivity contribution in [3.8, 4) is 17.0 Å². The second-order valence-corrected chi connectivity index (χ2v) is 4.49. The minimum Gasteiger partial charge on any atom is -0.496 e. The molecule has 0 amide bonds. The van der Waals surface area contributed by atoms with Gasteiger partial charge in [-0.1, -0.05) is 0 Å². The lowest BCUT2D eigenvalue weighted by Crippen LogP contribution is -2.03. The number of imidazole rings is 1. The zero-order valence-electron chi connectivity index (χ0n) is 9.53. The first-order valence-electron chi connectivity index (χ1n) is 5.32. The molecule has 3 N–H and O–H groups in total. The molecule has 4 nitrogen and oxygen atoms in total. The number of benzene rings is 1. The van der Waals surface area contributed by atoms with Crippen molar-refractivity contribution in [1.29, 1.82) is 0 Å². The Hall–Kier alpha value is -1.33. The fraction of sp³-hybridized carbons (Fsp3) is 0.250. The van der Waals surface area contributed by atoms with Gasteiger partial charge < -0.3 is 15.5 Å². The number of nitrogens with zero attached hydrogens (tertiary/aromatic N) is 1. The number of ether oxygens (including phenoxy) is 1. The summed E-state index contributed by atoms with van der Waals surface area (Å²) < 4.78 is 6.11. The normalized spacial score (nSPS) is 10.5. The van der Waals surface area contributed by atoms with Gasteiger partial charge in [0.2, 0.25) is 0 Å². The number of methoxy groups -OCH3 is 1. The first-order chi connectivity index (χ1) is 8.24. The van der Waals surface area contributed by atoms with Crippen LogP contribution in [0.2, 0.25) is 0 Å². The Morgan fingerprint density at radius 2 is 2.29 bits per heavy atom. The van der Waals surface area contributed by atoms with E-state index in [2.05, 4.69) is 25.9 Å². The number of nitrogens with two attached hydrogens (primary N) is 1. The molecule has 0 saturated carbocycles. The summed E-state index contributed by atoms with van der Waals surface area (Å²) in [5.74, 6) is 1.73. The molecule has 90 valence electrons. The van der Waals surface area contributed by atoms with Gasteiger partial charge in [-0.15, -0.1) is 0 Å². The molecule has 2 aromatic rings. The quantitative estimate of drug-likeness (QED) is 0.910. The van der Waals surface area contributed by atoms with Crippen molar-refractivity contribution < 1.29 is 4.74 Å². The number of aromatic nitrogens is 2. The number of aromatic amines is 1. The molecular weight excluding hydrogens is 282 g/mol. The van der Waals surface area contributed by atoms with Crippen LogP contribution in [0.15, 0.2) is 28.9 Å². The first kappa shape index (κ1) is 12.1. The molecule has 0 bridgehead atoms. The molecule has 5 heteroatoms. The smallest absolute Gasteiger partial charge is 0.133 e. The monoisotopic (exact) mass is 295 g/mol. The molecule has 0 radical (unpaired) electrons. The van der Waals surface area contributed by atoms with Gasteiger partial charge in [0.25, 0.3) is 0 Å². The van der Waals surface area contributed by atoms with Gasteiger partial charge in [-0.25, -0.2) is 4.98 Å². The molecule has 1 aromatic carbocycles. The Morgan fingerprint density at radius 3 is 2.94 bits per heavy atom. The van der Waals surface area contributed by atoms with Crippen molar-refractivity contribution in [2.75, 3.05) is 13.7 Å². The third-order valence-electron chi connectivity index (χ3n) is 2.47. The second kappa shape index (κ2) is 5.33. The molecule has 0 saturated heterocycles. The first-order valence-corrected chi connectivity index (χ1v) is 6.11. The Balaban J connectivity index is 2.29. The Morgan fingerprint density at radius 1 is 1.47 bits per heavy atom. The SMILES string of the molecule is COc1ccc(-c2cnc(CCN)[nH]2)cc1Br. The predicted molar refractivity (Wildman–Crippen MR) is 71.0 cm³/mol. The minimum atomic E-state index is 0.596. The summed E-state index contributed by atoms with van der Waals surface area (Å²) in [6, 6.07) is 5.91. The molecule has 0 aliphatic heterocycles. The van der Waals surface area contributed by atoms with Crippen LogP contribution in [0.5, 0.6) is 5.75 Å². The summed E-state index contributed by atoms with van der Waals surface area (Å²) in [7, 11) is 1.65. The number of halogens is 1. The van der Waals surface area contributed by atoms with E-state index in [-0.39, 0.29) is 0 Å². The van der Waals surface area contributed by atoms with E-state index in [0.717, 1.165) is 33.7 Å². The Kier molecular flexibility index (Phi) is 3.81. The summed E-state index contributed by atoms with van der Waals surface area (Å²) in [5.41, 5.74) is 7.53. The van der Waals surface area contributed by atoms with Crippen LogP contribution in [-0.4, -0.2) is 23.6 Å². The van der Waals surface area contributed by atoms with Crippen LogP contribution in [0.25, 0.3) is 11.3 Å². The lowest BCUT2D eigenvalue weighted by atomic mass is 10.2. The molecule has 1 heterocycles. The summed E-state index contributed by atoms with van der Waals surface area (Å²) in [4.78, 5) is 7.51.